The van der Waals surface area contributed by atoms with Gasteiger partial charge in [0.05, 0.1) is 4.92 Å². The zero-order valence-electron chi connectivity index (χ0n) is 11.7. The third-order valence-corrected chi connectivity index (χ3v) is 3.31. The lowest BCUT2D eigenvalue weighted by atomic mass is 10.2. The number of rotatable bonds is 3. The van der Waals surface area contributed by atoms with Gasteiger partial charge in [0.1, 0.15) is 5.58 Å². The largest absolute Gasteiger partial charge is 0.451 e. The van der Waals surface area contributed by atoms with E-state index in [2.05, 4.69) is 5.32 Å². The number of amides is 1. The maximum absolute atomic E-state index is 12.2. The van der Waals surface area contributed by atoms with Crippen molar-refractivity contribution in [3.8, 4) is 0 Å². The third-order valence-electron chi connectivity index (χ3n) is 3.31. The molecule has 2 aromatic carbocycles. The van der Waals surface area contributed by atoms with Crippen molar-refractivity contribution < 1.29 is 14.1 Å². The molecule has 1 N–H and O–H groups in total. The monoisotopic (exact) mass is 296 g/mol. The van der Waals surface area contributed by atoms with Crippen LogP contribution in [0.1, 0.15) is 16.1 Å². The Balaban J connectivity index is 1.87. The molecule has 0 aliphatic rings. The Labute approximate surface area is 125 Å². The lowest BCUT2D eigenvalue weighted by molar-refractivity contribution is -0.385. The van der Waals surface area contributed by atoms with E-state index >= 15 is 0 Å². The molecule has 0 atom stereocenters. The number of fused-ring (bicyclic) bond motifs is 1. The molecule has 6 heteroatoms. The molecule has 1 aromatic heterocycles. The van der Waals surface area contributed by atoms with Crippen LogP contribution in [-0.4, -0.2) is 10.8 Å². The van der Waals surface area contributed by atoms with E-state index in [1.165, 1.54) is 6.07 Å². The van der Waals surface area contributed by atoms with E-state index in [-0.39, 0.29) is 11.4 Å². The second-order valence-electron chi connectivity index (χ2n) is 4.86. The van der Waals surface area contributed by atoms with E-state index in [4.69, 9.17) is 4.42 Å². The number of carbonyl (C=O) groups excluding carboxylic acids is 1. The van der Waals surface area contributed by atoms with Gasteiger partial charge in [-0.3, -0.25) is 14.9 Å². The summed E-state index contributed by atoms with van der Waals surface area (Å²) in [7, 11) is 0. The summed E-state index contributed by atoms with van der Waals surface area (Å²) in [6.07, 6.45) is 0. The highest BCUT2D eigenvalue weighted by Gasteiger charge is 2.15. The average Bonchev–Trinajstić information content (AvgIpc) is 2.93. The van der Waals surface area contributed by atoms with Crippen molar-refractivity contribution >= 4 is 28.3 Å². The van der Waals surface area contributed by atoms with Crippen LogP contribution >= 0.6 is 0 Å². The van der Waals surface area contributed by atoms with E-state index in [0.29, 0.717) is 16.8 Å². The van der Waals surface area contributed by atoms with Gasteiger partial charge < -0.3 is 9.73 Å². The van der Waals surface area contributed by atoms with Crippen molar-refractivity contribution in [1.29, 1.82) is 0 Å². The van der Waals surface area contributed by atoms with Gasteiger partial charge in [0, 0.05) is 22.7 Å². The Morgan fingerprint density at radius 2 is 1.95 bits per heavy atom. The molecule has 0 bridgehead atoms. The van der Waals surface area contributed by atoms with Gasteiger partial charge in [-0.1, -0.05) is 24.3 Å². The first kappa shape index (κ1) is 13.8. The van der Waals surface area contributed by atoms with Gasteiger partial charge in [-0.15, -0.1) is 0 Å². The van der Waals surface area contributed by atoms with Gasteiger partial charge in [0.25, 0.3) is 11.6 Å². The fraction of sp³-hybridized carbons (Fsp3) is 0.0625. The normalized spacial score (nSPS) is 10.6. The van der Waals surface area contributed by atoms with E-state index in [0.717, 1.165) is 5.39 Å². The van der Waals surface area contributed by atoms with E-state index < -0.39 is 10.8 Å². The summed E-state index contributed by atoms with van der Waals surface area (Å²) in [5.74, 6) is -0.293. The molecule has 0 spiro atoms. The van der Waals surface area contributed by atoms with Crippen LogP contribution in [0.5, 0.6) is 0 Å². The second kappa shape index (κ2) is 5.33. The first-order chi connectivity index (χ1) is 10.5. The van der Waals surface area contributed by atoms with Crippen molar-refractivity contribution in [3.63, 3.8) is 0 Å². The van der Waals surface area contributed by atoms with Crippen molar-refractivity contribution in [3.05, 3.63) is 70.0 Å². The first-order valence-corrected chi connectivity index (χ1v) is 6.59. The topological polar surface area (TPSA) is 85.4 Å². The smallest absolute Gasteiger partial charge is 0.291 e. The Morgan fingerprint density at radius 1 is 1.18 bits per heavy atom. The van der Waals surface area contributed by atoms with Crippen LogP contribution in [0.3, 0.4) is 0 Å². The molecule has 0 unspecified atom stereocenters. The van der Waals surface area contributed by atoms with Crippen LogP contribution in [0.4, 0.5) is 11.4 Å². The maximum Gasteiger partial charge on any atom is 0.291 e. The molecule has 110 valence electrons. The molecule has 0 saturated carbocycles. The van der Waals surface area contributed by atoms with Gasteiger partial charge in [0.2, 0.25) is 0 Å². The SMILES string of the molecule is Cc1ccc(NC(=O)c2cc3ccccc3o2)cc1[N+](=O)[O-]. The molecule has 0 radical (unpaired) electrons. The van der Waals surface area contributed by atoms with Crippen molar-refractivity contribution in [2.45, 2.75) is 6.92 Å². The summed E-state index contributed by atoms with van der Waals surface area (Å²) in [5.41, 5.74) is 1.46. The van der Waals surface area contributed by atoms with Crippen LogP contribution in [0.15, 0.2) is 52.9 Å². The van der Waals surface area contributed by atoms with Gasteiger partial charge >= 0.3 is 0 Å². The van der Waals surface area contributed by atoms with Crippen LogP contribution in [0.25, 0.3) is 11.0 Å². The molecular formula is C16H12N2O4. The number of nitrogens with one attached hydrogen (secondary N) is 1. The van der Waals surface area contributed by atoms with Crippen molar-refractivity contribution in [2.75, 3.05) is 5.32 Å². The summed E-state index contributed by atoms with van der Waals surface area (Å²) < 4.78 is 5.46. The first-order valence-electron chi connectivity index (χ1n) is 6.59. The molecule has 0 aliphatic carbocycles. The molecule has 6 nitrogen and oxygen atoms in total. The number of nitro benzene ring substituents is 1. The van der Waals surface area contributed by atoms with Crippen LogP contribution in [0, 0.1) is 17.0 Å². The number of anilines is 1. The standard InChI is InChI=1S/C16H12N2O4/c1-10-6-7-12(9-13(10)18(20)21)17-16(19)15-8-11-4-2-3-5-14(11)22-15/h2-9H,1H3,(H,17,19). The fourth-order valence-electron chi connectivity index (χ4n) is 2.17. The zero-order valence-corrected chi connectivity index (χ0v) is 11.7. The molecule has 3 rings (SSSR count). The number of carbonyl (C=O) groups is 1. The number of hydrogen-bond donors (Lipinski definition) is 1. The number of furan rings is 1. The fourth-order valence-corrected chi connectivity index (χ4v) is 2.17. The molecule has 1 heterocycles. The highest BCUT2D eigenvalue weighted by atomic mass is 16.6. The number of para-hydroxylation sites is 1. The zero-order chi connectivity index (χ0) is 15.7. The summed E-state index contributed by atoms with van der Waals surface area (Å²) in [4.78, 5) is 22.6. The Morgan fingerprint density at radius 3 is 2.68 bits per heavy atom. The molecule has 0 fully saturated rings. The van der Waals surface area contributed by atoms with E-state index in [9.17, 15) is 14.9 Å². The molecule has 0 saturated heterocycles. The Kier molecular flexibility index (Phi) is 3.34. The lowest BCUT2D eigenvalue weighted by Crippen LogP contribution is -2.11. The molecule has 3 aromatic rings. The Bertz CT molecular complexity index is 850. The van der Waals surface area contributed by atoms with Crippen LogP contribution in [0.2, 0.25) is 0 Å². The lowest BCUT2D eigenvalue weighted by Gasteiger charge is -2.04. The summed E-state index contributed by atoms with van der Waals surface area (Å²) >= 11 is 0. The molecule has 0 aliphatic heterocycles. The van der Waals surface area contributed by atoms with Gasteiger partial charge in [-0.05, 0) is 25.1 Å². The van der Waals surface area contributed by atoms with Gasteiger partial charge in [-0.25, -0.2) is 0 Å². The average molecular weight is 296 g/mol. The van der Waals surface area contributed by atoms with Crippen molar-refractivity contribution in [1.82, 2.24) is 0 Å². The van der Waals surface area contributed by atoms with E-state index in [1.807, 2.05) is 18.2 Å². The number of nitro groups is 1. The maximum atomic E-state index is 12.2. The second-order valence-corrected chi connectivity index (χ2v) is 4.86. The van der Waals surface area contributed by atoms with E-state index in [1.54, 1.807) is 31.2 Å². The van der Waals surface area contributed by atoms with Crippen LogP contribution < -0.4 is 5.32 Å². The van der Waals surface area contributed by atoms with Crippen molar-refractivity contribution in [2.24, 2.45) is 0 Å². The summed E-state index contributed by atoms with van der Waals surface area (Å²) in [6.45, 7) is 1.64. The number of nitrogens with zero attached hydrogens (tertiary/aromatic N) is 1. The number of aryl methyl sites for hydroxylation is 1. The van der Waals surface area contributed by atoms with Crippen LogP contribution in [-0.2, 0) is 0 Å². The molecule has 1 amide bonds. The minimum absolute atomic E-state index is 0.0394. The quantitative estimate of drug-likeness (QED) is 0.586. The number of benzene rings is 2. The highest BCUT2D eigenvalue weighted by Crippen LogP contribution is 2.24. The minimum Gasteiger partial charge on any atom is -0.451 e. The highest BCUT2D eigenvalue weighted by molar-refractivity contribution is 6.04. The minimum atomic E-state index is -0.480. The molecule has 22 heavy (non-hydrogen) atoms. The Hall–Kier alpha value is -3.15. The molecular weight excluding hydrogens is 284 g/mol. The summed E-state index contributed by atoms with van der Waals surface area (Å²) in [6, 6.07) is 13.4. The third kappa shape index (κ3) is 2.54. The number of hydrogen-bond acceptors (Lipinski definition) is 4. The summed E-state index contributed by atoms with van der Waals surface area (Å²) in [5, 5.41) is 14.3. The predicted octanol–water partition coefficient (Wildman–Crippen LogP) is 3.90. The van der Waals surface area contributed by atoms with Gasteiger partial charge in [0.15, 0.2) is 5.76 Å². The predicted molar refractivity (Wildman–Crippen MR) is 82.0 cm³/mol. The van der Waals surface area contributed by atoms with Gasteiger partial charge in [-0.2, -0.15) is 0 Å².